The molecule has 0 spiro atoms. The lowest BCUT2D eigenvalue weighted by molar-refractivity contribution is 0.669. The molecule has 3 aromatic heterocycles. The molecule has 10 aromatic rings. The van der Waals surface area contributed by atoms with Gasteiger partial charge in [-0.05, 0) is 58.7 Å². The Balaban J connectivity index is 1.13. The van der Waals surface area contributed by atoms with Gasteiger partial charge in [-0.3, -0.25) is 0 Å². The first-order chi connectivity index (χ1) is 24.7. The molecular weight excluding hydrogens is 615 g/mol. The average Bonchev–Trinajstić information content (AvgIpc) is 3.76. The van der Waals surface area contributed by atoms with Crippen LogP contribution >= 0.6 is 0 Å². The third kappa shape index (κ3) is 4.75. The summed E-state index contributed by atoms with van der Waals surface area (Å²) in [5.74, 6) is 1.73. The molecule has 0 unspecified atom stereocenters. The minimum atomic E-state index is 0.554. The van der Waals surface area contributed by atoms with Gasteiger partial charge >= 0.3 is 0 Å². The van der Waals surface area contributed by atoms with Gasteiger partial charge in [0.05, 0.1) is 5.56 Å². The van der Waals surface area contributed by atoms with E-state index >= 15 is 0 Å². The zero-order valence-corrected chi connectivity index (χ0v) is 26.7. The number of aromatic nitrogens is 3. The van der Waals surface area contributed by atoms with Crippen molar-refractivity contribution in [1.29, 1.82) is 0 Å². The predicted octanol–water partition coefficient (Wildman–Crippen LogP) is 12.0. The van der Waals surface area contributed by atoms with Gasteiger partial charge in [0.15, 0.2) is 17.5 Å². The molecule has 0 amide bonds. The Morgan fingerprint density at radius 2 is 0.820 bits per heavy atom. The summed E-state index contributed by atoms with van der Waals surface area (Å²) in [7, 11) is 0. The molecule has 5 heteroatoms. The summed E-state index contributed by atoms with van der Waals surface area (Å²) < 4.78 is 12.5. The van der Waals surface area contributed by atoms with Crippen molar-refractivity contribution in [3.8, 4) is 56.4 Å². The molecule has 0 aliphatic carbocycles. The smallest absolute Gasteiger partial charge is 0.167 e. The summed E-state index contributed by atoms with van der Waals surface area (Å²) >= 11 is 0. The van der Waals surface area contributed by atoms with Crippen LogP contribution in [0.2, 0.25) is 0 Å². The molecule has 234 valence electrons. The number of hydrogen-bond acceptors (Lipinski definition) is 5. The summed E-state index contributed by atoms with van der Waals surface area (Å²) in [4.78, 5) is 15.2. The molecule has 0 saturated carbocycles. The van der Waals surface area contributed by atoms with Crippen LogP contribution in [0, 0.1) is 0 Å². The molecule has 7 aromatic carbocycles. The van der Waals surface area contributed by atoms with E-state index < -0.39 is 0 Å². The largest absolute Gasteiger partial charge is 0.456 e. The fourth-order valence-corrected chi connectivity index (χ4v) is 6.86. The third-order valence-corrected chi connectivity index (χ3v) is 9.36. The Kier molecular flexibility index (Phi) is 6.42. The molecule has 0 aliphatic heterocycles. The zero-order chi connectivity index (χ0) is 33.0. The maximum Gasteiger partial charge on any atom is 0.167 e. The third-order valence-electron chi connectivity index (χ3n) is 9.36. The normalized spacial score (nSPS) is 11.6. The minimum absolute atomic E-state index is 0.554. The molecule has 0 fully saturated rings. The highest BCUT2D eigenvalue weighted by molar-refractivity contribution is 6.09. The average molecular weight is 642 g/mol. The van der Waals surface area contributed by atoms with Crippen LogP contribution in [-0.4, -0.2) is 15.0 Å². The van der Waals surface area contributed by atoms with Crippen molar-refractivity contribution in [2.45, 2.75) is 0 Å². The molecule has 10 rings (SSSR count). The lowest BCUT2D eigenvalue weighted by atomic mass is 10.0. The van der Waals surface area contributed by atoms with E-state index in [1.165, 1.54) is 0 Å². The van der Waals surface area contributed by atoms with Crippen LogP contribution < -0.4 is 0 Å². The van der Waals surface area contributed by atoms with Gasteiger partial charge in [0.25, 0.3) is 0 Å². The van der Waals surface area contributed by atoms with E-state index in [9.17, 15) is 0 Å². The molecule has 0 bridgehead atoms. The summed E-state index contributed by atoms with van der Waals surface area (Å²) in [6, 6.07) is 55.8. The van der Waals surface area contributed by atoms with Gasteiger partial charge in [-0.25, -0.2) is 15.0 Å². The highest BCUT2D eigenvalue weighted by Crippen LogP contribution is 2.37. The van der Waals surface area contributed by atoms with Crippen LogP contribution in [0.15, 0.2) is 173 Å². The molecule has 5 nitrogen and oxygen atoms in total. The topological polar surface area (TPSA) is 65.0 Å². The Labute approximate surface area is 287 Å². The number of rotatable bonds is 5. The Morgan fingerprint density at radius 1 is 0.300 bits per heavy atom. The number of para-hydroxylation sites is 3. The Morgan fingerprint density at radius 3 is 1.64 bits per heavy atom. The fraction of sp³-hybridized carbons (Fsp3) is 0. The molecule has 0 aliphatic rings. The van der Waals surface area contributed by atoms with Crippen LogP contribution in [0.1, 0.15) is 0 Å². The van der Waals surface area contributed by atoms with Crippen molar-refractivity contribution in [1.82, 2.24) is 15.0 Å². The molecule has 50 heavy (non-hydrogen) atoms. The molecule has 0 atom stereocenters. The van der Waals surface area contributed by atoms with E-state index in [1.807, 2.05) is 60.7 Å². The maximum atomic E-state index is 6.42. The highest BCUT2D eigenvalue weighted by Gasteiger charge is 2.18. The number of fused-ring (bicyclic) bond motifs is 6. The molecule has 0 radical (unpaired) electrons. The zero-order valence-electron chi connectivity index (χ0n) is 26.7. The van der Waals surface area contributed by atoms with Crippen molar-refractivity contribution in [2.75, 3.05) is 0 Å². The van der Waals surface area contributed by atoms with Gasteiger partial charge in [0, 0.05) is 32.7 Å². The number of benzene rings is 7. The molecular formula is C45H27N3O2. The Hall–Kier alpha value is -6.85. The number of nitrogens with zero attached hydrogens (tertiary/aromatic N) is 3. The van der Waals surface area contributed by atoms with Gasteiger partial charge < -0.3 is 8.83 Å². The molecule has 0 saturated heterocycles. The van der Waals surface area contributed by atoms with E-state index in [0.717, 1.165) is 82.8 Å². The number of furan rings is 2. The highest BCUT2D eigenvalue weighted by atomic mass is 16.3. The first kappa shape index (κ1) is 28.2. The summed E-state index contributed by atoms with van der Waals surface area (Å²) in [5, 5.41) is 4.28. The van der Waals surface area contributed by atoms with Crippen LogP contribution in [0.25, 0.3) is 100 Å². The van der Waals surface area contributed by atoms with Gasteiger partial charge in [-0.15, -0.1) is 0 Å². The lowest BCUT2D eigenvalue weighted by Gasteiger charge is -2.10. The van der Waals surface area contributed by atoms with Gasteiger partial charge in [0.1, 0.15) is 22.3 Å². The van der Waals surface area contributed by atoms with Crippen molar-refractivity contribution in [3.63, 3.8) is 0 Å². The van der Waals surface area contributed by atoms with Crippen molar-refractivity contribution < 1.29 is 8.83 Å². The number of hydrogen-bond donors (Lipinski definition) is 0. The monoisotopic (exact) mass is 641 g/mol. The fourth-order valence-electron chi connectivity index (χ4n) is 6.86. The van der Waals surface area contributed by atoms with Crippen LogP contribution in [0.3, 0.4) is 0 Å². The second-order valence-corrected chi connectivity index (χ2v) is 12.4. The quantitative estimate of drug-likeness (QED) is 0.187. The van der Waals surface area contributed by atoms with E-state index in [4.69, 9.17) is 23.8 Å². The van der Waals surface area contributed by atoms with Crippen LogP contribution in [0.5, 0.6) is 0 Å². The summed E-state index contributed by atoms with van der Waals surface area (Å²) in [5.41, 5.74) is 10.4. The van der Waals surface area contributed by atoms with Crippen LogP contribution in [0.4, 0.5) is 0 Å². The van der Waals surface area contributed by atoms with Crippen molar-refractivity contribution in [3.05, 3.63) is 164 Å². The van der Waals surface area contributed by atoms with Gasteiger partial charge in [-0.1, -0.05) is 127 Å². The van der Waals surface area contributed by atoms with E-state index in [-0.39, 0.29) is 0 Å². The maximum absolute atomic E-state index is 6.42. The first-order valence-electron chi connectivity index (χ1n) is 16.6. The standard InChI is InChI=1S/C45H27N3O2/c1-2-10-28(11-3-1)29-20-22-30(23-21-29)43-46-44(48-45(47-43)37-17-9-16-36-34-14-4-7-19-40(34)50-42(36)37)33-13-8-12-31(26-33)32-24-25-41-38(27-32)35-15-5-6-18-39(35)49-41/h1-27H. The minimum Gasteiger partial charge on any atom is -0.456 e. The van der Waals surface area contributed by atoms with E-state index in [2.05, 4.69) is 103 Å². The second kappa shape index (κ2) is 11.4. The van der Waals surface area contributed by atoms with Gasteiger partial charge in [-0.2, -0.15) is 0 Å². The van der Waals surface area contributed by atoms with Crippen molar-refractivity contribution in [2.24, 2.45) is 0 Å². The van der Waals surface area contributed by atoms with Gasteiger partial charge in [0.2, 0.25) is 0 Å². The lowest BCUT2D eigenvalue weighted by Crippen LogP contribution is -2.00. The molecule has 3 heterocycles. The summed E-state index contributed by atoms with van der Waals surface area (Å²) in [6.45, 7) is 0. The van der Waals surface area contributed by atoms with E-state index in [1.54, 1.807) is 0 Å². The van der Waals surface area contributed by atoms with Crippen LogP contribution in [-0.2, 0) is 0 Å². The predicted molar refractivity (Wildman–Crippen MR) is 202 cm³/mol. The second-order valence-electron chi connectivity index (χ2n) is 12.4. The molecule has 0 N–H and O–H groups in total. The first-order valence-corrected chi connectivity index (χ1v) is 16.6. The Bertz CT molecular complexity index is 2870. The SMILES string of the molecule is c1ccc(-c2ccc(-c3nc(-c4cccc(-c5ccc6oc7ccccc7c6c5)c4)nc(-c4cccc5c4oc4ccccc45)n3)cc2)cc1. The van der Waals surface area contributed by atoms with Crippen molar-refractivity contribution >= 4 is 43.9 Å². The summed E-state index contributed by atoms with van der Waals surface area (Å²) in [6.07, 6.45) is 0. The van der Waals surface area contributed by atoms with E-state index in [0.29, 0.717) is 17.5 Å².